The zero-order valence-corrected chi connectivity index (χ0v) is 11.6. The molecule has 1 aliphatic carbocycles. The van der Waals surface area contributed by atoms with Gasteiger partial charge >= 0.3 is 0 Å². The lowest BCUT2D eigenvalue weighted by Gasteiger charge is -2.27. The number of nitrogens with zero attached hydrogens (tertiary/aromatic N) is 1. The number of likely N-dealkylation sites (tertiary alicyclic amines) is 1. The predicted octanol–water partition coefficient (Wildman–Crippen LogP) is 4.61. The zero-order valence-electron chi connectivity index (χ0n) is 11.6. The lowest BCUT2D eigenvalue weighted by Crippen LogP contribution is -2.30. The van der Waals surface area contributed by atoms with Gasteiger partial charge in [-0.1, -0.05) is 51.4 Å². The first kappa shape index (κ1) is 13.4. The molecule has 0 aromatic heterocycles. The third-order valence-corrected chi connectivity index (χ3v) is 4.76. The summed E-state index contributed by atoms with van der Waals surface area (Å²) in [7, 11) is 0. The van der Waals surface area contributed by atoms with Gasteiger partial charge in [0.2, 0.25) is 0 Å². The molecule has 1 saturated heterocycles. The highest BCUT2D eigenvalue weighted by Gasteiger charge is 2.13. The summed E-state index contributed by atoms with van der Waals surface area (Å²) in [4.78, 5) is 2.70. The Morgan fingerprint density at radius 1 is 0.706 bits per heavy atom. The lowest BCUT2D eigenvalue weighted by atomic mass is 9.88. The van der Waals surface area contributed by atoms with Gasteiger partial charge in [-0.05, 0) is 51.2 Å². The largest absolute Gasteiger partial charge is 0.303 e. The van der Waals surface area contributed by atoms with Crippen molar-refractivity contribution in [3.8, 4) is 0 Å². The second kappa shape index (κ2) is 8.13. The maximum atomic E-state index is 2.70. The van der Waals surface area contributed by atoms with Gasteiger partial charge < -0.3 is 4.90 Å². The molecule has 1 heterocycles. The molecule has 0 unspecified atom stereocenters. The van der Waals surface area contributed by atoms with Crippen molar-refractivity contribution in [1.29, 1.82) is 0 Å². The Labute approximate surface area is 108 Å². The first-order chi connectivity index (χ1) is 8.45. The second-order valence-electron chi connectivity index (χ2n) is 6.26. The van der Waals surface area contributed by atoms with E-state index >= 15 is 0 Å². The van der Waals surface area contributed by atoms with Crippen molar-refractivity contribution in [2.45, 2.75) is 77.0 Å². The quantitative estimate of drug-likeness (QED) is 0.690. The summed E-state index contributed by atoms with van der Waals surface area (Å²) in [6.07, 6.45) is 17.9. The minimum absolute atomic E-state index is 1.07. The molecule has 1 aliphatic heterocycles. The van der Waals surface area contributed by atoms with E-state index in [0.29, 0.717) is 0 Å². The van der Waals surface area contributed by atoms with E-state index in [1.165, 1.54) is 96.7 Å². The van der Waals surface area contributed by atoms with Crippen molar-refractivity contribution < 1.29 is 0 Å². The van der Waals surface area contributed by atoms with Gasteiger partial charge in [-0.15, -0.1) is 0 Å². The van der Waals surface area contributed by atoms with Crippen molar-refractivity contribution >= 4 is 0 Å². The molecular weight excluding hydrogens is 206 g/mol. The molecule has 17 heavy (non-hydrogen) atoms. The van der Waals surface area contributed by atoms with Crippen LogP contribution in [-0.4, -0.2) is 24.5 Å². The van der Waals surface area contributed by atoms with Crippen LogP contribution in [-0.2, 0) is 0 Å². The molecule has 0 atom stereocenters. The van der Waals surface area contributed by atoms with E-state index in [2.05, 4.69) is 4.90 Å². The van der Waals surface area contributed by atoms with Crippen LogP contribution >= 0.6 is 0 Å². The summed E-state index contributed by atoms with van der Waals surface area (Å²) >= 11 is 0. The summed E-state index contributed by atoms with van der Waals surface area (Å²) in [6.45, 7) is 4.14. The molecule has 1 saturated carbocycles. The van der Waals surface area contributed by atoms with Gasteiger partial charge in [-0.2, -0.15) is 0 Å². The third-order valence-electron chi connectivity index (χ3n) is 4.76. The van der Waals surface area contributed by atoms with E-state index in [1.807, 2.05) is 0 Å². The van der Waals surface area contributed by atoms with Crippen LogP contribution in [0.3, 0.4) is 0 Å². The molecule has 2 rings (SSSR count). The molecule has 0 bridgehead atoms. The van der Waals surface area contributed by atoms with Crippen molar-refractivity contribution in [3.05, 3.63) is 0 Å². The fraction of sp³-hybridized carbons (Fsp3) is 1.00. The highest BCUT2D eigenvalue weighted by atomic mass is 15.1. The van der Waals surface area contributed by atoms with E-state index < -0.39 is 0 Å². The molecular formula is C16H31N. The normalized spacial score (nSPS) is 25.4. The fourth-order valence-electron chi connectivity index (χ4n) is 3.62. The highest BCUT2D eigenvalue weighted by Crippen LogP contribution is 2.26. The molecule has 1 heteroatoms. The van der Waals surface area contributed by atoms with E-state index in [0.717, 1.165) is 5.92 Å². The number of hydrogen-bond donors (Lipinski definition) is 0. The number of piperidine rings is 1. The Hall–Kier alpha value is -0.0400. The summed E-state index contributed by atoms with van der Waals surface area (Å²) in [5.41, 5.74) is 0. The average molecular weight is 237 g/mol. The monoisotopic (exact) mass is 237 g/mol. The van der Waals surface area contributed by atoms with E-state index in [9.17, 15) is 0 Å². The SMILES string of the molecule is C1CCCC(CCCN2CCCCC2)CCC1. The van der Waals surface area contributed by atoms with Crippen molar-refractivity contribution in [1.82, 2.24) is 4.90 Å². The third kappa shape index (κ3) is 5.42. The molecule has 0 N–H and O–H groups in total. The standard InChI is InChI=1S/C16H31N/c1-2-5-10-16(11-6-3-1)12-9-15-17-13-7-4-8-14-17/h16H,1-15H2. The van der Waals surface area contributed by atoms with E-state index in [-0.39, 0.29) is 0 Å². The first-order valence-corrected chi connectivity index (χ1v) is 8.17. The topological polar surface area (TPSA) is 3.24 Å². The Kier molecular flexibility index (Phi) is 6.41. The maximum absolute atomic E-state index is 2.70. The van der Waals surface area contributed by atoms with Crippen molar-refractivity contribution in [2.24, 2.45) is 5.92 Å². The molecule has 2 aliphatic rings. The van der Waals surface area contributed by atoms with Gasteiger partial charge in [0.1, 0.15) is 0 Å². The zero-order chi connectivity index (χ0) is 11.8. The summed E-state index contributed by atoms with van der Waals surface area (Å²) in [5, 5.41) is 0. The van der Waals surface area contributed by atoms with Gasteiger partial charge in [0.15, 0.2) is 0 Å². The minimum Gasteiger partial charge on any atom is -0.303 e. The van der Waals surface area contributed by atoms with Gasteiger partial charge in [-0.3, -0.25) is 0 Å². The molecule has 0 amide bonds. The van der Waals surface area contributed by atoms with Gasteiger partial charge in [0.05, 0.1) is 0 Å². The Morgan fingerprint density at radius 2 is 1.29 bits per heavy atom. The van der Waals surface area contributed by atoms with Crippen LogP contribution in [0.4, 0.5) is 0 Å². The molecule has 2 fully saturated rings. The summed E-state index contributed by atoms with van der Waals surface area (Å²) in [5.74, 6) is 1.07. The Bertz CT molecular complexity index is 176. The van der Waals surface area contributed by atoms with E-state index in [4.69, 9.17) is 0 Å². The number of hydrogen-bond acceptors (Lipinski definition) is 1. The summed E-state index contributed by atoms with van der Waals surface area (Å²) in [6, 6.07) is 0. The first-order valence-electron chi connectivity index (χ1n) is 8.17. The van der Waals surface area contributed by atoms with Crippen molar-refractivity contribution in [3.63, 3.8) is 0 Å². The van der Waals surface area contributed by atoms with Gasteiger partial charge in [0.25, 0.3) is 0 Å². The second-order valence-corrected chi connectivity index (χ2v) is 6.26. The Morgan fingerprint density at radius 3 is 2.00 bits per heavy atom. The minimum atomic E-state index is 1.07. The van der Waals surface area contributed by atoms with Gasteiger partial charge in [0, 0.05) is 0 Å². The summed E-state index contributed by atoms with van der Waals surface area (Å²) < 4.78 is 0. The molecule has 0 aromatic rings. The maximum Gasteiger partial charge on any atom is -0.00186 e. The fourth-order valence-corrected chi connectivity index (χ4v) is 3.62. The van der Waals surface area contributed by atoms with Crippen LogP contribution in [0.5, 0.6) is 0 Å². The van der Waals surface area contributed by atoms with Crippen LogP contribution in [0.2, 0.25) is 0 Å². The predicted molar refractivity (Wildman–Crippen MR) is 75.3 cm³/mol. The lowest BCUT2D eigenvalue weighted by molar-refractivity contribution is 0.216. The smallest absolute Gasteiger partial charge is 0.00186 e. The van der Waals surface area contributed by atoms with Crippen molar-refractivity contribution in [2.75, 3.05) is 19.6 Å². The van der Waals surface area contributed by atoms with Crippen LogP contribution in [0, 0.1) is 5.92 Å². The van der Waals surface area contributed by atoms with Crippen LogP contribution in [0.25, 0.3) is 0 Å². The van der Waals surface area contributed by atoms with Crippen LogP contribution < -0.4 is 0 Å². The molecule has 100 valence electrons. The highest BCUT2D eigenvalue weighted by molar-refractivity contribution is 4.68. The van der Waals surface area contributed by atoms with Crippen LogP contribution in [0.1, 0.15) is 77.0 Å². The van der Waals surface area contributed by atoms with E-state index in [1.54, 1.807) is 0 Å². The Balaban J connectivity index is 1.56. The molecule has 0 aromatic carbocycles. The average Bonchev–Trinajstić information content (AvgIpc) is 2.33. The van der Waals surface area contributed by atoms with Crippen LogP contribution in [0.15, 0.2) is 0 Å². The molecule has 1 nitrogen and oxygen atoms in total. The molecule has 0 radical (unpaired) electrons. The molecule has 0 spiro atoms. The van der Waals surface area contributed by atoms with Gasteiger partial charge in [-0.25, -0.2) is 0 Å². The number of rotatable bonds is 4.